The zero-order chi connectivity index (χ0) is 7.72. The molecule has 0 aliphatic carbocycles. The van der Waals surface area contributed by atoms with Crippen molar-refractivity contribution < 1.29 is 4.79 Å². The van der Waals surface area contributed by atoms with Crippen LogP contribution in [0.25, 0.3) is 0 Å². The van der Waals surface area contributed by atoms with E-state index in [-0.39, 0.29) is 11.0 Å². The number of rotatable bonds is 0. The molecule has 1 aliphatic heterocycles. The smallest absolute Gasteiger partial charge is 0.261 e. The summed E-state index contributed by atoms with van der Waals surface area (Å²) in [4.78, 5) is 10.9. The van der Waals surface area contributed by atoms with Crippen LogP contribution in [-0.2, 0) is 4.79 Å². The van der Waals surface area contributed by atoms with Crippen molar-refractivity contribution in [3.05, 3.63) is 0 Å². The highest BCUT2D eigenvalue weighted by atomic mass is 32.1. The van der Waals surface area contributed by atoms with Crippen molar-refractivity contribution in [1.82, 2.24) is 10.3 Å². The van der Waals surface area contributed by atoms with Gasteiger partial charge in [-0.25, -0.2) is 10.9 Å². The van der Waals surface area contributed by atoms with Gasteiger partial charge in [0.2, 0.25) is 0 Å². The molecule has 1 atom stereocenters. The average Bonchev–Trinajstić information content (AvgIpc) is 1.93. The van der Waals surface area contributed by atoms with Crippen LogP contribution < -0.4 is 16.9 Å². The molecule has 5 nitrogen and oxygen atoms in total. The fourth-order valence-corrected chi connectivity index (χ4v) is 0.822. The minimum atomic E-state index is -0.573. The van der Waals surface area contributed by atoms with Crippen LogP contribution >= 0.6 is 12.2 Å². The molecule has 0 saturated carbocycles. The highest BCUT2D eigenvalue weighted by Crippen LogP contribution is 1.93. The van der Waals surface area contributed by atoms with Gasteiger partial charge in [-0.1, -0.05) is 0 Å². The predicted molar refractivity (Wildman–Crippen MR) is 39.6 cm³/mol. The monoisotopic (exact) mass is 160 g/mol. The van der Waals surface area contributed by atoms with E-state index in [0.717, 1.165) is 5.01 Å². The molecule has 1 amide bonds. The van der Waals surface area contributed by atoms with Gasteiger partial charge in [0.1, 0.15) is 6.04 Å². The zero-order valence-corrected chi connectivity index (χ0v) is 6.02. The summed E-state index contributed by atoms with van der Waals surface area (Å²) in [6, 6.07) is -0.573. The van der Waals surface area contributed by atoms with Crippen LogP contribution in [-0.4, -0.2) is 28.6 Å². The number of nitrogens with zero attached hydrogens (tertiary/aromatic N) is 1. The van der Waals surface area contributed by atoms with Crippen molar-refractivity contribution in [3.8, 4) is 0 Å². The molecule has 1 rings (SSSR count). The number of nitrogens with one attached hydrogen (secondary N) is 1. The van der Waals surface area contributed by atoms with Crippen LogP contribution in [0.2, 0.25) is 0 Å². The lowest BCUT2D eigenvalue weighted by Gasteiger charge is -2.27. The molecular weight excluding hydrogens is 152 g/mol. The van der Waals surface area contributed by atoms with Gasteiger partial charge in [0.05, 0.1) is 0 Å². The van der Waals surface area contributed by atoms with Crippen LogP contribution in [0.15, 0.2) is 0 Å². The topological polar surface area (TPSA) is 84.4 Å². The Balaban J connectivity index is 2.70. The molecule has 0 bridgehead atoms. The van der Waals surface area contributed by atoms with Gasteiger partial charge in [0, 0.05) is 6.54 Å². The number of hydrogen-bond acceptors (Lipinski definition) is 4. The van der Waals surface area contributed by atoms with Crippen LogP contribution in [0, 0.1) is 0 Å². The number of amides is 1. The lowest BCUT2D eigenvalue weighted by Crippen LogP contribution is -2.62. The molecule has 1 fully saturated rings. The van der Waals surface area contributed by atoms with Crippen molar-refractivity contribution in [3.63, 3.8) is 0 Å². The molecule has 0 aromatic carbocycles. The molecule has 0 spiro atoms. The first-order valence-electron chi connectivity index (χ1n) is 2.75. The maximum absolute atomic E-state index is 10.9. The van der Waals surface area contributed by atoms with Crippen LogP contribution in [0.5, 0.6) is 0 Å². The summed E-state index contributed by atoms with van der Waals surface area (Å²) in [7, 11) is 0. The minimum absolute atomic E-state index is 0.228. The number of hydrogen-bond donors (Lipinski definition) is 3. The van der Waals surface area contributed by atoms with Crippen LogP contribution in [0.1, 0.15) is 0 Å². The second kappa shape index (κ2) is 2.49. The van der Waals surface area contributed by atoms with E-state index in [1.54, 1.807) is 0 Å². The molecule has 56 valence electrons. The number of carbonyl (C=O) groups is 1. The summed E-state index contributed by atoms with van der Waals surface area (Å²) >= 11 is 4.67. The highest BCUT2D eigenvalue weighted by Gasteiger charge is 2.26. The Bertz CT molecular complexity index is 182. The van der Waals surface area contributed by atoms with Crippen LogP contribution in [0.3, 0.4) is 0 Å². The fourth-order valence-electron chi connectivity index (χ4n) is 0.648. The van der Waals surface area contributed by atoms with Gasteiger partial charge in [0.15, 0.2) is 5.11 Å². The lowest BCUT2D eigenvalue weighted by atomic mass is 10.2. The number of thiocarbonyl (C=S) groups is 1. The third-order valence-corrected chi connectivity index (χ3v) is 1.59. The Hall–Kier alpha value is -0.720. The van der Waals surface area contributed by atoms with E-state index in [2.05, 4.69) is 17.5 Å². The van der Waals surface area contributed by atoms with E-state index in [1.165, 1.54) is 0 Å². The summed E-state index contributed by atoms with van der Waals surface area (Å²) in [5.74, 6) is 4.87. The molecule has 6 heteroatoms. The van der Waals surface area contributed by atoms with Gasteiger partial charge in [-0.05, 0) is 12.2 Å². The molecular formula is C4H8N4OS. The van der Waals surface area contributed by atoms with Crippen molar-refractivity contribution in [2.45, 2.75) is 6.04 Å². The average molecular weight is 160 g/mol. The van der Waals surface area contributed by atoms with Gasteiger partial charge in [-0.2, -0.15) is 0 Å². The molecule has 0 aromatic rings. The largest absolute Gasteiger partial charge is 0.359 e. The highest BCUT2D eigenvalue weighted by molar-refractivity contribution is 7.80. The van der Waals surface area contributed by atoms with Crippen molar-refractivity contribution in [2.75, 3.05) is 6.54 Å². The quantitative estimate of drug-likeness (QED) is 0.215. The van der Waals surface area contributed by atoms with Gasteiger partial charge < -0.3 is 11.1 Å². The Morgan fingerprint density at radius 2 is 2.40 bits per heavy atom. The molecule has 1 unspecified atom stereocenters. The van der Waals surface area contributed by atoms with Gasteiger partial charge >= 0.3 is 0 Å². The first-order valence-corrected chi connectivity index (χ1v) is 3.16. The second-order valence-electron chi connectivity index (χ2n) is 2.00. The molecule has 1 heterocycles. The molecule has 0 radical (unpaired) electrons. The first-order chi connectivity index (χ1) is 4.63. The van der Waals surface area contributed by atoms with E-state index in [1.807, 2.05) is 0 Å². The van der Waals surface area contributed by atoms with Gasteiger partial charge in [0.25, 0.3) is 5.91 Å². The molecule has 5 N–H and O–H groups in total. The van der Waals surface area contributed by atoms with E-state index in [9.17, 15) is 4.79 Å². The number of nitrogens with two attached hydrogens (primary N) is 2. The standard InChI is InChI=1S/C4H8N4OS/c5-2-1-7-4(10)8(6)3(2)9/h2H,1,5-6H2,(H,7,10). The SMILES string of the molecule is NC1CNC(=S)N(N)C1=O. The van der Waals surface area contributed by atoms with Crippen molar-refractivity contribution >= 4 is 23.2 Å². The summed E-state index contributed by atoms with van der Waals surface area (Å²) in [6.45, 7) is 0.366. The van der Waals surface area contributed by atoms with E-state index in [0.29, 0.717) is 6.54 Å². The third-order valence-electron chi connectivity index (χ3n) is 1.25. The zero-order valence-electron chi connectivity index (χ0n) is 5.20. The number of hydrazine groups is 1. The Kier molecular flexibility index (Phi) is 1.84. The van der Waals surface area contributed by atoms with Crippen LogP contribution in [0.4, 0.5) is 0 Å². The van der Waals surface area contributed by atoms with E-state index in [4.69, 9.17) is 11.6 Å². The minimum Gasteiger partial charge on any atom is -0.359 e. The van der Waals surface area contributed by atoms with Crippen molar-refractivity contribution in [1.29, 1.82) is 0 Å². The summed E-state index contributed by atoms with van der Waals surface area (Å²) in [5, 5.41) is 3.78. The maximum Gasteiger partial charge on any atom is 0.261 e. The van der Waals surface area contributed by atoms with Gasteiger partial charge in [-0.3, -0.25) is 4.79 Å². The number of carbonyl (C=O) groups excluding carboxylic acids is 1. The van der Waals surface area contributed by atoms with E-state index >= 15 is 0 Å². The van der Waals surface area contributed by atoms with Crippen molar-refractivity contribution in [2.24, 2.45) is 11.6 Å². The summed E-state index contributed by atoms with van der Waals surface area (Å²) in [5.41, 5.74) is 5.34. The predicted octanol–water partition coefficient (Wildman–Crippen LogP) is -2.10. The summed E-state index contributed by atoms with van der Waals surface area (Å²) in [6.07, 6.45) is 0. The summed E-state index contributed by atoms with van der Waals surface area (Å²) < 4.78 is 0. The second-order valence-corrected chi connectivity index (χ2v) is 2.39. The Labute approximate surface area is 63.3 Å². The normalized spacial score (nSPS) is 26.6. The Morgan fingerprint density at radius 3 is 2.90 bits per heavy atom. The van der Waals surface area contributed by atoms with E-state index < -0.39 is 6.04 Å². The lowest BCUT2D eigenvalue weighted by molar-refractivity contribution is -0.129. The molecule has 1 saturated heterocycles. The van der Waals surface area contributed by atoms with Gasteiger partial charge in [-0.15, -0.1) is 0 Å². The maximum atomic E-state index is 10.9. The molecule has 10 heavy (non-hydrogen) atoms. The molecule has 0 aromatic heterocycles. The third kappa shape index (κ3) is 1.08. The molecule has 1 aliphatic rings. The first kappa shape index (κ1) is 7.39. The fraction of sp³-hybridized carbons (Fsp3) is 0.500. The Morgan fingerprint density at radius 1 is 1.80 bits per heavy atom.